The van der Waals surface area contributed by atoms with Gasteiger partial charge in [-0.3, -0.25) is 0 Å². The first-order valence-corrected chi connectivity index (χ1v) is 15.9. The number of thioether (sulfide) groups is 1. The number of unbranched alkanes of at least 4 members (excludes halogenated alkanes) is 9. The Hall–Kier alpha value is -3.05. The Morgan fingerprint density at radius 1 is 0.575 bits per heavy atom. The van der Waals surface area contributed by atoms with Crippen LogP contribution in [-0.2, 0) is 4.74 Å². The molecule has 3 aromatic rings. The average molecular weight is 561 g/mol. The molecule has 3 aromatic carbocycles. The summed E-state index contributed by atoms with van der Waals surface area (Å²) in [6.07, 6.45) is 13.4. The molecule has 0 amide bonds. The Bertz CT molecular complexity index is 1140. The van der Waals surface area contributed by atoms with Gasteiger partial charge in [0.1, 0.15) is 5.75 Å². The van der Waals surface area contributed by atoms with Gasteiger partial charge in [-0.15, -0.1) is 11.8 Å². The van der Waals surface area contributed by atoms with Gasteiger partial charge in [0.25, 0.3) is 0 Å². The van der Waals surface area contributed by atoms with E-state index in [0.29, 0.717) is 23.5 Å². The summed E-state index contributed by atoms with van der Waals surface area (Å²) in [5.41, 5.74) is 3.09. The fraction of sp³-hybridized carbons (Fsp3) is 0.429. The highest BCUT2D eigenvalue weighted by atomic mass is 32.2. The van der Waals surface area contributed by atoms with Gasteiger partial charge >= 0.3 is 11.9 Å². The van der Waals surface area contributed by atoms with E-state index in [9.17, 15) is 9.59 Å². The molecule has 0 bridgehead atoms. The Balaban J connectivity index is 1.40. The molecule has 40 heavy (non-hydrogen) atoms. The summed E-state index contributed by atoms with van der Waals surface area (Å²) in [5.74, 6) is 0.756. The summed E-state index contributed by atoms with van der Waals surface area (Å²) < 4.78 is 10.9. The van der Waals surface area contributed by atoms with E-state index in [4.69, 9.17) is 9.47 Å². The van der Waals surface area contributed by atoms with Gasteiger partial charge in [0.05, 0.1) is 17.7 Å². The number of carbonyl (C=O) groups is 2. The van der Waals surface area contributed by atoms with Gasteiger partial charge in [-0.2, -0.15) is 0 Å². The zero-order valence-electron chi connectivity index (χ0n) is 24.2. The molecule has 0 atom stereocenters. The van der Waals surface area contributed by atoms with Crippen molar-refractivity contribution in [2.45, 2.75) is 89.4 Å². The van der Waals surface area contributed by atoms with Crippen LogP contribution in [0.1, 0.15) is 105 Å². The first-order chi connectivity index (χ1) is 19.6. The Morgan fingerprint density at radius 2 is 1.07 bits per heavy atom. The number of ether oxygens (including phenoxy) is 2. The van der Waals surface area contributed by atoms with Crippen molar-refractivity contribution in [2.75, 3.05) is 12.4 Å². The fourth-order valence-corrected chi connectivity index (χ4v) is 5.31. The van der Waals surface area contributed by atoms with Crippen LogP contribution in [0.2, 0.25) is 0 Å². The number of benzene rings is 3. The zero-order valence-corrected chi connectivity index (χ0v) is 25.0. The minimum absolute atomic E-state index is 0.348. The van der Waals surface area contributed by atoms with Crippen LogP contribution in [0.3, 0.4) is 0 Å². The third kappa shape index (κ3) is 11.2. The van der Waals surface area contributed by atoms with Crippen molar-refractivity contribution in [3.8, 4) is 16.9 Å². The number of hydrogen-bond donors (Lipinski definition) is 0. The van der Waals surface area contributed by atoms with Crippen molar-refractivity contribution < 1.29 is 19.1 Å². The van der Waals surface area contributed by atoms with E-state index in [1.54, 1.807) is 36.4 Å². The van der Waals surface area contributed by atoms with E-state index in [1.807, 2.05) is 23.9 Å². The highest BCUT2D eigenvalue weighted by molar-refractivity contribution is 7.99. The number of hydrogen-bond acceptors (Lipinski definition) is 5. The van der Waals surface area contributed by atoms with Crippen LogP contribution in [0.5, 0.6) is 5.75 Å². The molecule has 5 heteroatoms. The fourth-order valence-electron chi connectivity index (χ4n) is 4.39. The minimum Gasteiger partial charge on any atom is -0.462 e. The molecule has 0 aliphatic rings. The molecular formula is C35H44O4S. The van der Waals surface area contributed by atoms with Crippen LogP contribution in [0.4, 0.5) is 0 Å². The van der Waals surface area contributed by atoms with Crippen LogP contribution < -0.4 is 4.74 Å². The molecule has 0 aromatic heterocycles. The lowest BCUT2D eigenvalue weighted by Crippen LogP contribution is -2.09. The lowest BCUT2D eigenvalue weighted by Gasteiger charge is -2.08. The molecule has 4 nitrogen and oxygen atoms in total. The van der Waals surface area contributed by atoms with Crippen molar-refractivity contribution in [3.05, 3.63) is 83.9 Å². The van der Waals surface area contributed by atoms with E-state index in [1.165, 1.54) is 62.7 Å². The second kappa shape index (κ2) is 18.3. The van der Waals surface area contributed by atoms with E-state index in [-0.39, 0.29) is 5.97 Å². The molecule has 0 aliphatic carbocycles. The summed E-state index contributed by atoms with van der Waals surface area (Å²) in [6, 6.07) is 22.5. The Labute approximate surface area is 244 Å². The summed E-state index contributed by atoms with van der Waals surface area (Å²) in [5, 5.41) is 0. The molecule has 0 fully saturated rings. The lowest BCUT2D eigenvalue weighted by molar-refractivity contribution is 0.0497. The normalized spacial score (nSPS) is 10.8. The summed E-state index contributed by atoms with van der Waals surface area (Å²) in [6.45, 7) is 4.88. The second-order valence-electron chi connectivity index (χ2n) is 10.2. The van der Waals surface area contributed by atoms with Crippen molar-refractivity contribution in [1.29, 1.82) is 0 Å². The zero-order chi connectivity index (χ0) is 28.4. The first-order valence-electron chi connectivity index (χ1n) is 14.9. The van der Waals surface area contributed by atoms with Crippen LogP contribution >= 0.6 is 11.8 Å². The van der Waals surface area contributed by atoms with Crippen molar-refractivity contribution in [3.63, 3.8) is 0 Å². The molecule has 0 unspecified atom stereocenters. The van der Waals surface area contributed by atoms with E-state index in [2.05, 4.69) is 38.1 Å². The largest absolute Gasteiger partial charge is 0.462 e. The van der Waals surface area contributed by atoms with Crippen molar-refractivity contribution in [2.24, 2.45) is 0 Å². The Morgan fingerprint density at radius 3 is 1.70 bits per heavy atom. The molecule has 0 saturated heterocycles. The van der Waals surface area contributed by atoms with Crippen molar-refractivity contribution in [1.82, 2.24) is 0 Å². The third-order valence-corrected chi connectivity index (χ3v) is 7.95. The molecule has 0 heterocycles. The molecule has 0 N–H and O–H groups in total. The van der Waals surface area contributed by atoms with Gasteiger partial charge in [-0.05, 0) is 78.3 Å². The van der Waals surface area contributed by atoms with Gasteiger partial charge in [0.15, 0.2) is 0 Å². The van der Waals surface area contributed by atoms with Crippen LogP contribution in [-0.4, -0.2) is 24.3 Å². The predicted molar refractivity (Wildman–Crippen MR) is 166 cm³/mol. The Kier molecular flexibility index (Phi) is 14.4. The quantitative estimate of drug-likeness (QED) is 0.0670. The lowest BCUT2D eigenvalue weighted by atomic mass is 10.0. The number of carbonyl (C=O) groups excluding carboxylic acids is 2. The first kappa shape index (κ1) is 31.5. The standard InChI is InChI=1S/C35H44O4S/c1-3-5-7-8-9-10-11-12-26-38-34(36)30-18-22-32(23-19-30)39-35(37)31-16-14-28(15-17-31)29-20-24-33(25-21-29)40-27-13-6-4-2/h14-25H,3-13,26-27H2,1-2H3. The minimum atomic E-state index is -0.435. The summed E-state index contributed by atoms with van der Waals surface area (Å²) in [4.78, 5) is 26.3. The highest BCUT2D eigenvalue weighted by Gasteiger charge is 2.11. The van der Waals surface area contributed by atoms with Gasteiger partial charge < -0.3 is 9.47 Å². The molecule has 214 valence electrons. The van der Waals surface area contributed by atoms with E-state index < -0.39 is 5.97 Å². The highest BCUT2D eigenvalue weighted by Crippen LogP contribution is 2.26. The maximum absolute atomic E-state index is 12.7. The smallest absolute Gasteiger partial charge is 0.343 e. The molecule has 3 rings (SSSR count). The third-order valence-electron chi connectivity index (χ3n) is 6.86. The van der Waals surface area contributed by atoms with Gasteiger partial charge in [0, 0.05) is 4.90 Å². The molecular weight excluding hydrogens is 516 g/mol. The van der Waals surface area contributed by atoms with Gasteiger partial charge in [0.2, 0.25) is 0 Å². The van der Waals surface area contributed by atoms with Crippen LogP contribution in [0, 0.1) is 0 Å². The summed E-state index contributed by atoms with van der Waals surface area (Å²) >= 11 is 1.90. The average Bonchev–Trinajstić information content (AvgIpc) is 2.99. The second-order valence-corrected chi connectivity index (χ2v) is 11.4. The van der Waals surface area contributed by atoms with Crippen molar-refractivity contribution >= 4 is 23.7 Å². The maximum Gasteiger partial charge on any atom is 0.343 e. The maximum atomic E-state index is 12.7. The van der Waals surface area contributed by atoms with E-state index >= 15 is 0 Å². The predicted octanol–water partition coefficient (Wildman–Crippen LogP) is 10.2. The monoisotopic (exact) mass is 560 g/mol. The summed E-state index contributed by atoms with van der Waals surface area (Å²) in [7, 11) is 0. The number of esters is 2. The SMILES string of the molecule is CCCCCCCCCCOC(=O)c1ccc(OC(=O)c2ccc(-c3ccc(SCCCCC)cc3)cc2)cc1. The van der Waals surface area contributed by atoms with Gasteiger partial charge in [-0.25, -0.2) is 9.59 Å². The number of rotatable bonds is 18. The molecule has 0 saturated carbocycles. The molecule has 0 radical (unpaired) electrons. The topological polar surface area (TPSA) is 52.6 Å². The van der Waals surface area contributed by atoms with Crippen LogP contribution in [0.25, 0.3) is 11.1 Å². The van der Waals surface area contributed by atoms with E-state index in [0.717, 1.165) is 29.7 Å². The van der Waals surface area contributed by atoms with Crippen LogP contribution in [0.15, 0.2) is 77.7 Å². The van der Waals surface area contributed by atoms with Gasteiger partial charge in [-0.1, -0.05) is 95.9 Å². The molecule has 0 aliphatic heterocycles. The molecule has 0 spiro atoms.